The average molecular weight is 469 g/mol. The van der Waals surface area contributed by atoms with Crippen LogP contribution in [-0.2, 0) is 19.6 Å². The van der Waals surface area contributed by atoms with Gasteiger partial charge in [0.05, 0.1) is 35.7 Å². The van der Waals surface area contributed by atoms with E-state index in [0.717, 1.165) is 10.6 Å². The number of hydrogen-bond acceptors (Lipinski definition) is 6. The Morgan fingerprint density at radius 2 is 1.74 bits per heavy atom. The predicted octanol–water partition coefficient (Wildman–Crippen LogP) is 3.71. The molecule has 0 fully saturated rings. The maximum absolute atomic E-state index is 12.8. The molecule has 0 unspecified atom stereocenters. The molecule has 0 radical (unpaired) electrons. The summed E-state index contributed by atoms with van der Waals surface area (Å²) in [6, 6.07) is 9.68. The molecular formula is C21H25ClN2O6S. The van der Waals surface area contributed by atoms with Crippen molar-refractivity contribution in [3.63, 3.8) is 0 Å². The fourth-order valence-corrected chi connectivity index (χ4v) is 4.31. The van der Waals surface area contributed by atoms with Crippen LogP contribution in [0.25, 0.3) is 0 Å². The lowest BCUT2D eigenvalue weighted by atomic mass is 10.2. The minimum absolute atomic E-state index is 0.107. The zero-order chi connectivity index (χ0) is 23.2. The average Bonchev–Trinajstić information content (AvgIpc) is 2.68. The van der Waals surface area contributed by atoms with Crippen LogP contribution >= 0.6 is 11.6 Å². The van der Waals surface area contributed by atoms with Crippen molar-refractivity contribution >= 4 is 44.9 Å². The van der Waals surface area contributed by atoms with Crippen molar-refractivity contribution in [1.29, 1.82) is 0 Å². The Hall–Kier alpha value is -2.78. The number of hydrogen-bond donors (Lipinski definition) is 1. The van der Waals surface area contributed by atoms with Gasteiger partial charge in [0.2, 0.25) is 15.9 Å². The van der Waals surface area contributed by atoms with Gasteiger partial charge in [-0.25, -0.2) is 13.2 Å². The number of rotatable bonds is 9. The molecule has 0 aliphatic carbocycles. The van der Waals surface area contributed by atoms with E-state index in [4.69, 9.17) is 21.1 Å². The number of nitrogens with one attached hydrogen (secondary N) is 1. The van der Waals surface area contributed by atoms with Gasteiger partial charge < -0.3 is 14.8 Å². The Bertz CT molecular complexity index is 1040. The first-order valence-electron chi connectivity index (χ1n) is 9.58. The largest absolute Gasteiger partial charge is 0.494 e. The smallest absolute Gasteiger partial charge is 0.339 e. The molecule has 1 N–H and O–H groups in total. The van der Waals surface area contributed by atoms with Crippen molar-refractivity contribution in [2.45, 2.75) is 26.8 Å². The van der Waals surface area contributed by atoms with Crippen molar-refractivity contribution in [2.24, 2.45) is 0 Å². The number of anilines is 2. The lowest BCUT2D eigenvalue weighted by Crippen LogP contribution is -2.45. The summed E-state index contributed by atoms with van der Waals surface area (Å²) in [5, 5.41) is 2.74. The Balaban J connectivity index is 2.24. The number of benzene rings is 2. The highest BCUT2D eigenvalue weighted by Crippen LogP contribution is 2.26. The second-order valence-electron chi connectivity index (χ2n) is 6.57. The van der Waals surface area contributed by atoms with Crippen molar-refractivity contribution < 1.29 is 27.5 Å². The third-order valence-electron chi connectivity index (χ3n) is 4.22. The number of ether oxygens (including phenoxy) is 2. The molecule has 2 aromatic carbocycles. The van der Waals surface area contributed by atoms with E-state index >= 15 is 0 Å². The third-order valence-corrected chi connectivity index (χ3v) is 5.78. The highest BCUT2D eigenvalue weighted by Gasteiger charge is 2.29. The van der Waals surface area contributed by atoms with Crippen molar-refractivity contribution in [3.05, 3.63) is 53.1 Å². The van der Waals surface area contributed by atoms with Crippen LogP contribution in [0.5, 0.6) is 5.75 Å². The molecule has 0 aromatic heterocycles. The highest BCUT2D eigenvalue weighted by molar-refractivity contribution is 7.92. The molecule has 0 saturated carbocycles. The molecule has 1 amide bonds. The lowest BCUT2D eigenvalue weighted by molar-refractivity contribution is -0.116. The molecule has 31 heavy (non-hydrogen) atoms. The quantitative estimate of drug-likeness (QED) is 0.563. The zero-order valence-corrected chi connectivity index (χ0v) is 19.3. The van der Waals surface area contributed by atoms with Gasteiger partial charge in [0.25, 0.3) is 0 Å². The SMILES string of the molecule is CCOC(=O)c1ccc(NC(=O)[C@@H](C)N(c2ccc(OCC)cc2)S(C)(=O)=O)cc1Cl. The van der Waals surface area contributed by atoms with E-state index in [2.05, 4.69) is 5.32 Å². The normalized spacial score (nSPS) is 12.0. The van der Waals surface area contributed by atoms with E-state index in [1.807, 2.05) is 6.92 Å². The summed E-state index contributed by atoms with van der Waals surface area (Å²) in [6.07, 6.45) is 1.03. The standard InChI is InChI=1S/C21H25ClN2O6S/c1-5-29-17-10-8-16(9-11-17)24(31(4,27)28)14(3)20(25)23-15-7-12-18(19(22)13-15)21(26)30-6-2/h7-14H,5-6H2,1-4H3,(H,23,25)/t14-/m1/s1. The number of carbonyl (C=O) groups excluding carboxylic acids is 2. The van der Waals surface area contributed by atoms with Crippen LogP contribution in [0.2, 0.25) is 5.02 Å². The van der Waals surface area contributed by atoms with Gasteiger partial charge in [-0.1, -0.05) is 11.6 Å². The number of amides is 1. The molecule has 1 atom stereocenters. The molecule has 168 valence electrons. The van der Waals surface area contributed by atoms with E-state index in [0.29, 0.717) is 23.7 Å². The Labute approximate surface area is 187 Å². The van der Waals surface area contributed by atoms with Gasteiger partial charge in [0.15, 0.2) is 0 Å². The molecule has 0 heterocycles. The monoisotopic (exact) mass is 468 g/mol. The summed E-state index contributed by atoms with van der Waals surface area (Å²) < 4.78 is 36.1. The Kier molecular flexibility index (Phi) is 8.29. The molecule has 0 bridgehead atoms. The van der Waals surface area contributed by atoms with E-state index in [9.17, 15) is 18.0 Å². The summed E-state index contributed by atoms with van der Waals surface area (Å²) in [4.78, 5) is 24.7. The zero-order valence-electron chi connectivity index (χ0n) is 17.7. The van der Waals surface area contributed by atoms with Gasteiger partial charge >= 0.3 is 5.97 Å². The van der Waals surface area contributed by atoms with E-state index < -0.39 is 27.9 Å². The molecule has 0 aliphatic heterocycles. The predicted molar refractivity (Wildman–Crippen MR) is 120 cm³/mol. The molecular weight excluding hydrogens is 444 g/mol. The van der Waals surface area contributed by atoms with Crippen LogP contribution in [-0.4, -0.2) is 45.8 Å². The fourth-order valence-electron chi connectivity index (χ4n) is 2.88. The number of sulfonamides is 1. The van der Waals surface area contributed by atoms with Gasteiger partial charge in [-0.05, 0) is 63.2 Å². The van der Waals surface area contributed by atoms with Gasteiger partial charge in [-0.2, -0.15) is 0 Å². The molecule has 0 spiro atoms. The van der Waals surface area contributed by atoms with Crippen LogP contribution in [0.15, 0.2) is 42.5 Å². The summed E-state index contributed by atoms with van der Waals surface area (Å²) in [7, 11) is -3.77. The number of nitrogens with zero attached hydrogens (tertiary/aromatic N) is 1. The topological polar surface area (TPSA) is 102 Å². The first-order chi connectivity index (χ1) is 14.6. The van der Waals surface area contributed by atoms with Crippen LogP contribution < -0.4 is 14.4 Å². The van der Waals surface area contributed by atoms with E-state index in [-0.39, 0.29) is 17.2 Å². The Morgan fingerprint density at radius 3 is 2.26 bits per heavy atom. The number of halogens is 1. The van der Waals surface area contributed by atoms with E-state index in [1.165, 1.54) is 25.1 Å². The van der Waals surface area contributed by atoms with Gasteiger partial charge in [0.1, 0.15) is 11.8 Å². The van der Waals surface area contributed by atoms with Crippen LogP contribution in [0.1, 0.15) is 31.1 Å². The first kappa shape index (κ1) is 24.5. The fraction of sp³-hybridized carbons (Fsp3) is 0.333. The number of esters is 1. The molecule has 2 rings (SSSR count). The molecule has 0 saturated heterocycles. The second-order valence-corrected chi connectivity index (χ2v) is 8.83. The van der Waals surface area contributed by atoms with Crippen molar-refractivity contribution in [3.8, 4) is 5.75 Å². The minimum atomic E-state index is -3.77. The summed E-state index contributed by atoms with van der Waals surface area (Å²) >= 11 is 6.12. The summed E-state index contributed by atoms with van der Waals surface area (Å²) in [5.74, 6) is -0.551. The van der Waals surface area contributed by atoms with E-state index in [1.54, 1.807) is 31.2 Å². The maximum atomic E-state index is 12.8. The summed E-state index contributed by atoms with van der Waals surface area (Å²) in [6.45, 7) is 5.68. The Morgan fingerprint density at radius 1 is 1.10 bits per heavy atom. The van der Waals surface area contributed by atoms with Crippen molar-refractivity contribution in [2.75, 3.05) is 29.1 Å². The van der Waals surface area contributed by atoms with Gasteiger partial charge in [-0.3, -0.25) is 9.10 Å². The van der Waals surface area contributed by atoms with Crippen LogP contribution in [0, 0.1) is 0 Å². The molecule has 0 aliphatic rings. The van der Waals surface area contributed by atoms with Crippen molar-refractivity contribution in [1.82, 2.24) is 0 Å². The highest BCUT2D eigenvalue weighted by atomic mass is 35.5. The second kappa shape index (κ2) is 10.5. The van der Waals surface area contributed by atoms with Gasteiger partial charge in [-0.15, -0.1) is 0 Å². The lowest BCUT2D eigenvalue weighted by Gasteiger charge is -2.28. The number of carbonyl (C=O) groups is 2. The first-order valence-corrected chi connectivity index (χ1v) is 11.8. The summed E-state index contributed by atoms with van der Waals surface area (Å²) in [5.41, 5.74) is 0.807. The molecule has 10 heteroatoms. The molecule has 8 nitrogen and oxygen atoms in total. The third kappa shape index (κ3) is 6.35. The van der Waals surface area contributed by atoms with Crippen LogP contribution in [0.3, 0.4) is 0 Å². The van der Waals surface area contributed by atoms with Crippen LogP contribution in [0.4, 0.5) is 11.4 Å². The van der Waals surface area contributed by atoms with Gasteiger partial charge in [0, 0.05) is 5.69 Å². The maximum Gasteiger partial charge on any atom is 0.339 e. The molecule has 2 aromatic rings. The minimum Gasteiger partial charge on any atom is -0.494 e.